The molecule has 0 bridgehead atoms. The fourth-order valence-electron chi connectivity index (χ4n) is 1.87. The van der Waals surface area contributed by atoms with Gasteiger partial charge in [0.2, 0.25) is 0 Å². The Labute approximate surface area is 105 Å². The molecule has 1 unspecified atom stereocenters. The molecule has 2 rings (SSSR count). The summed E-state index contributed by atoms with van der Waals surface area (Å²) >= 11 is 0. The normalized spacial score (nSPS) is 16.0. The second-order valence-electron chi connectivity index (χ2n) is 3.97. The number of rotatable bonds is 4. The molecule has 0 aliphatic carbocycles. The Morgan fingerprint density at radius 2 is 2.06 bits per heavy atom. The zero-order valence-corrected chi connectivity index (χ0v) is 9.69. The molecule has 0 amide bonds. The summed E-state index contributed by atoms with van der Waals surface area (Å²) < 4.78 is 0. The summed E-state index contributed by atoms with van der Waals surface area (Å²) in [7, 11) is 0. The van der Waals surface area contributed by atoms with Crippen LogP contribution in [-0.4, -0.2) is 28.8 Å². The topological polar surface area (TPSA) is 57.6 Å². The van der Waals surface area contributed by atoms with Crippen LogP contribution in [0.15, 0.2) is 54.3 Å². The minimum atomic E-state index is -0.951. The van der Waals surface area contributed by atoms with E-state index in [2.05, 4.69) is 0 Å². The van der Waals surface area contributed by atoms with Crippen LogP contribution in [0.4, 0.5) is 0 Å². The van der Waals surface area contributed by atoms with Crippen molar-refractivity contribution in [3.8, 4) is 0 Å². The van der Waals surface area contributed by atoms with E-state index in [9.17, 15) is 9.59 Å². The Balaban J connectivity index is 2.16. The Bertz CT molecular complexity index is 505. The van der Waals surface area contributed by atoms with Crippen LogP contribution in [0.2, 0.25) is 0 Å². The molecule has 1 atom stereocenters. The van der Waals surface area contributed by atoms with Crippen molar-refractivity contribution in [2.45, 2.75) is 6.04 Å². The molecule has 0 aromatic heterocycles. The highest BCUT2D eigenvalue weighted by Gasteiger charge is 2.19. The second-order valence-corrected chi connectivity index (χ2v) is 3.97. The molecular weight excluding hydrogens is 230 g/mol. The van der Waals surface area contributed by atoms with Crippen molar-refractivity contribution in [1.29, 1.82) is 0 Å². The van der Waals surface area contributed by atoms with Gasteiger partial charge in [0.05, 0.1) is 5.57 Å². The predicted molar refractivity (Wildman–Crippen MR) is 66.8 cm³/mol. The van der Waals surface area contributed by atoms with Gasteiger partial charge >= 0.3 is 5.97 Å². The van der Waals surface area contributed by atoms with E-state index in [1.807, 2.05) is 30.3 Å². The van der Waals surface area contributed by atoms with Crippen LogP contribution in [0.5, 0.6) is 0 Å². The Morgan fingerprint density at radius 1 is 1.33 bits per heavy atom. The minimum Gasteiger partial charge on any atom is -0.478 e. The molecule has 1 aromatic carbocycles. The van der Waals surface area contributed by atoms with Crippen LogP contribution < -0.4 is 0 Å². The lowest BCUT2D eigenvalue weighted by Gasteiger charge is -2.27. The van der Waals surface area contributed by atoms with E-state index in [1.165, 1.54) is 6.08 Å². The fraction of sp³-hybridized carbons (Fsp3) is 0.143. The van der Waals surface area contributed by atoms with Crippen molar-refractivity contribution in [2.75, 3.05) is 6.54 Å². The molecule has 92 valence electrons. The zero-order chi connectivity index (χ0) is 13.0. The average Bonchev–Trinajstić information content (AvgIpc) is 2.41. The number of carboxylic acids is 1. The van der Waals surface area contributed by atoms with Gasteiger partial charge in [-0.2, -0.15) is 0 Å². The number of hydrogen-bond acceptors (Lipinski definition) is 3. The highest BCUT2D eigenvalue weighted by atomic mass is 16.4. The third-order valence-corrected chi connectivity index (χ3v) is 2.84. The highest BCUT2D eigenvalue weighted by molar-refractivity contribution is 5.90. The van der Waals surface area contributed by atoms with Gasteiger partial charge in [0.25, 0.3) is 0 Å². The van der Waals surface area contributed by atoms with Crippen molar-refractivity contribution in [1.82, 2.24) is 4.90 Å². The molecule has 0 saturated carbocycles. The van der Waals surface area contributed by atoms with Gasteiger partial charge in [0.15, 0.2) is 0 Å². The first-order valence-corrected chi connectivity index (χ1v) is 5.60. The molecule has 4 heteroatoms. The summed E-state index contributed by atoms with van der Waals surface area (Å²) in [5, 5.41) is 8.83. The summed E-state index contributed by atoms with van der Waals surface area (Å²) in [4.78, 5) is 23.8. The molecule has 0 fully saturated rings. The number of benzene rings is 1. The van der Waals surface area contributed by atoms with Crippen LogP contribution in [0.3, 0.4) is 0 Å². The number of aliphatic carboxylic acids is 1. The van der Waals surface area contributed by atoms with Crippen LogP contribution in [0, 0.1) is 0 Å². The molecule has 1 heterocycles. The molecule has 0 radical (unpaired) electrons. The molecule has 1 aromatic rings. The minimum absolute atomic E-state index is 0.254. The van der Waals surface area contributed by atoms with Gasteiger partial charge in [-0.05, 0) is 11.6 Å². The van der Waals surface area contributed by atoms with Gasteiger partial charge in [-0.25, -0.2) is 4.79 Å². The van der Waals surface area contributed by atoms with Gasteiger partial charge in [0.1, 0.15) is 12.3 Å². The van der Waals surface area contributed by atoms with E-state index in [0.717, 1.165) is 11.8 Å². The molecule has 4 nitrogen and oxygen atoms in total. The van der Waals surface area contributed by atoms with Gasteiger partial charge in [-0.1, -0.05) is 36.4 Å². The lowest BCUT2D eigenvalue weighted by molar-refractivity contribution is -0.132. The third kappa shape index (κ3) is 2.48. The summed E-state index contributed by atoms with van der Waals surface area (Å²) in [6, 6.07) is 9.01. The van der Waals surface area contributed by atoms with Gasteiger partial charge in [-0.15, -0.1) is 0 Å². The number of hydrogen-bond donors (Lipinski definition) is 1. The van der Waals surface area contributed by atoms with E-state index in [-0.39, 0.29) is 11.6 Å². The maximum absolute atomic E-state index is 11.2. The molecule has 0 spiro atoms. The van der Waals surface area contributed by atoms with Crippen LogP contribution in [0.1, 0.15) is 11.6 Å². The van der Waals surface area contributed by atoms with Crippen molar-refractivity contribution >= 4 is 12.3 Å². The maximum Gasteiger partial charge on any atom is 0.335 e. The molecule has 1 aliphatic rings. The largest absolute Gasteiger partial charge is 0.478 e. The van der Waals surface area contributed by atoms with Crippen molar-refractivity contribution in [2.24, 2.45) is 0 Å². The number of carboxylic acid groups (broad SMARTS) is 1. The van der Waals surface area contributed by atoms with E-state index < -0.39 is 5.97 Å². The fourth-order valence-corrected chi connectivity index (χ4v) is 1.87. The smallest absolute Gasteiger partial charge is 0.335 e. The maximum atomic E-state index is 11.2. The predicted octanol–water partition coefficient (Wildman–Crippen LogP) is 1.77. The van der Waals surface area contributed by atoms with Crippen molar-refractivity contribution in [3.05, 3.63) is 59.8 Å². The van der Waals surface area contributed by atoms with Crippen molar-refractivity contribution < 1.29 is 14.7 Å². The van der Waals surface area contributed by atoms with Gasteiger partial charge < -0.3 is 14.8 Å². The summed E-state index contributed by atoms with van der Waals surface area (Å²) in [6.45, 7) is 0.413. The van der Waals surface area contributed by atoms with Crippen LogP contribution >= 0.6 is 0 Å². The number of carbonyl (C=O) groups excluding carboxylic acids is 1. The second kappa shape index (κ2) is 5.31. The number of nitrogens with zero attached hydrogens (tertiary/aromatic N) is 1. The van der Waals surface area contributed by atoms with E-state index in [1.54, 1.807) is 17.2 Å². The van der Waals surface area contributed by atoms with Crippen molar-refractivity contribution in [3.63, 3.8) is 0 Å². The standard InChI is InChI=1S/C14H13NO3/c16-10-13(11-4-2-1-3-5-11)15-8-6-12(7-9-15)14(17)18/h1-8,10,13H,9H2,(H,17,18). The Kier molecular flexibility index (Phi) is 3.57. The summed E-state index contributed by atoms with van der Waals surface area (Å²) in [5.41, 5.74) is 1.15. The first kappa shape index (κ1) is 12.1. The zero-order valence-electron chi connectivity index (χ0n) is 9.69. The lowest BCUT2D eigenvalue weighted by atomic mass is 10.1. The first-order valence-electron chi connectivity index (χ1n) is 5.60. The molecule has 1 N–H and O–H groups in total. The van der Waals surface area contributed by atoms with E-state index >= 15 is 0 Å². The average molecular weight is 243 g/mol. The first-order chi connectivity index (χ1) is 8.72. The SMILES string of the molecule is O=CC(c1ccccc1)N1C=CC(C(=O)O)=CC1. The monoisotopic (exact) mass is 243 g/mol. The summed E-state index contributed by atoms with van der Waals surface area (Å²) in [6.07, 6.45) is 5.61. The lowest BCUT2D eigenvalue weighted by Crippen LogP contribution is -2.27. The third-order valence-electron chi connectivity index (χ3n) is 2.84. The van der Waals surface area contributed by atoms with Crippen LogP contribution in [0.25, 0.3) is 0 Å². The van der Waals surface area contributed by atoms with E-state index in [4.69, 9.17) is 5.11 Å². The van der Waals surface area contributed by atoms with Gasteiger partial charge in [0, 0.05) is 12.7 Å². The summed E-state index contributed by atoms with van der Waals surface area (Å²) in [5.74, 6) is -0.951. The number of aldehydes is 1. The quantitative estimate of drug-likeness (QED) is 0.819. The molecule has 1 aliphatic heterocycles. The van der Waals surface area contributed by atoms with E-state index in [0.29, 0.717) is 6.54 Å². The number of carbonyl (C=O) groups is 2. The highest BCUT2D eigenvalue weighted by Crippen LogP contribution is 2.21. The Morgan fingerprint density at radius 3 is 2.56 bits per heavy atom. The molecular formula is C14H13NO3. The molecule has 0 saturated heterocycles. The Hall–Kier alpha value is -2.36. The molecule has 18 heavy (non-hydrogen) atoms. The van der Waals surface area contributed by atoms with Gasteiger partial charge in [-0.3, -0.25) is 0 Å². The van der Waals surface area contributed by atoms with Crippen LogP contribution in [-0.2, 0) is 9.59 Å².